The molecule has 0 spiro atoms. The predicted octanol–water partition coefficient (Wildman–Crippen LogP) is -0.240. The zero-order chi connectivity index (χ0) is 10.2. The predicted molar refractivity (Wildman–Crippen MR) is 53.3 cm³/mol. The van der Waals surface area contributed by atoms with Crippen LogP contribution in [0.2, 0.25) is 6.04 Å². The fourth-order valence-corrected chi connectivity index (χ4v) is 2.81. The number of rotatable bonds is 8. The second-order valence-electron chi connectivity index (χ2n) is 2.60. The first kappa shape index (κ1) is 13.0. The van der Waals surface area contributed by atoms with E-state index in [-0.39, 0.29) is 0 Å². The van der Waals surface area contributed by atoms with Crippen LogP contribution in [-0.2, 0) is 13.3 Å². The van der Waals surface area contributed by atoms with Crippen LogP contribution in [0.3, 0.4) is 0 Å². The van der Waals surface area contributed by atoms with Crippen molar-refractivity contribution in [3.05, 3.63) is 0 Å². The quantitative estimate of drug-likeness (QED) is 0.327. The average molecular weight is 208 g/mol. The summed E-state index contributed by atoms with van der Waals surface area (Å²) in [5, 5.41) is 3.03. The van der Waals surface area contributed by atoms with Crippen molar-refractivity contribution in [3.8, 4) is 0 Å². The third-order valence-electron chi connectivity index (χ3n) is 1.91. The van der Waals surface area contributed by atoms with Gasteiger partial charge in [0.2, 0.25) is 0 Å². The Morgan fingerprint density at radius 1 is 1.15 bits per heavy atom. The SMILES string of the molecule is CO[Si](CCCNCN)(OC)OC. The minimum absolute atomic E-state index is 0.501. The molecule has 0 aromatic rings. The van der Waals surface area contributed by atoms with E-state index in [9.17, 15) is 0 Å². The summed E-state index contributed by atoms with van der Waals surface area (Å²) in [6, 6.07) is 0.809. The second-order valence-corrected chi connectivity index (χ2v) is 5.69. The highest BCUT2D eigenvalue weighted by atomic mass is 28.4. The zero-order valence-electron chi connectivity index (χ0n) is 8.63. The molecule has 0 radical (unpaired) electrons. The topological polar surface area (TPSA) is 65.7 Å². The molecule has 0 unspecified atom stereocenters. The Balaban J connectivity index is 3.68. The third kappa shape index (κ3) is 4.70. The smallest absolute Gasteiger partial charge is 0.377 e. The van der Waals surface area contributed by atoms with Crippen molar-refractivity contribution in [3.63, 3.8) is 0 Å². The highest BCUT2D eigenvalue weighted by Gasteiger charge is 2.36. The molecule has 0 fully saturated rings. The summed E-state index contributed by atoms with van der Waals surface area (Å²) in [5.74, 6) is 0. The highest BCUT2D eigenvalue weighted by Crippen LogP contribution is 2.13. The van der Waals surface area contributed by atoms with Crippen molar-refractivity contribution in [1.29, 1.82) is 0 Å². The first-order chi connectivity index (χ1) is 6.24. The highest BCUT2D eigenvalue weighted by molar-refractivity contribution is 6.60. The van der Waals surface area contributed by atoms with Gasteiger partial charge in [-0.3, -0.25) is 0 Å². The summed E-state index contributed by atoms with van der Waals surface area (Å²) in [4.78, 5) is 0. The maximum Gasteiger partial charge on any atom is 0.500 e. The van der Waals surface area contributed by atoms with Gasteiger partial charge < -0.3 is 24.3 Å². The lowest BCUT2D eigenvalue weighted by atomic mass is 10.5. The van der Waals surface area contributed by atoms with Crippen LogP contribution in [0, 0.1) is 0 Å². The van der Waals surface area contributed by atoms with Gasteiger partial charge in [0, 0.05) is 34.0 Å². The zero-order valence-corrected chi connectivity index (χ0v) is 9.63. The minimum Gasteiger partial charge on any atom is -0.377 e. The average Bonchev–Trinajstić information content (AvgIpc) is 2.20. The molecule has 0 aromatic carbocycles. The molecule has 0 bridgehead atoms. The van der Waals surface area contributed by atoms with E-state index in [1.807, 2.05) is 0 Å². The Bertz CT molecular complexity index is 114. The molecular formula is C7H20N2O3Si. The first-order valence-electron chi connectivity index (χ1n) is 4.31. The third-order valence-corrected chi connectivity index (χ3v) is 4.75. The molecule has 0 aliphatic carbocycles. The molecule has 0 heterocycles. The molecule has 13 heavy (non-hydrogen) atoms. The van der Waals surface area contributed by atoms with Crippen LogP contribution in [0.5, 0.6) is 0 Å². The van der Waals surface area contributed by atoms with Gasteiger partial charge in [0.25, 0.3) is 0 Å². The van der Waals surface area contributed by atoms with E-state index in [0.717, 1.165) is 19.0 Å². The fraction of sp³-hybridized carbons (Fsp3) is 1.00. The van der Waals surface area contributed by atoms with Crippen molar-refractivity contribution in [1.82, 2.24) is 5.32 Å². The summed E-state index contributed by atoms with van der Waals surface area (Å²) in [7, 11) is 2.51. The van der Waals surface area contributed by atoms with Gasteiger partial charge >= 0.3 is 8.80 Å². The van der Waals surface area contributed by atoms with Crippen LogP contribution < -0.4 is 11.1 Å². The number of hydrogen-bond acceptors (Lipinski definition) is 5. The van der Waals surface area contributed by atoms with Gasteiger partial charge in [-0.2, -0.15) is 0 Å². The van der Waals surface area contributed by atoms with Crippen LogP contribution in [0.1, 0.15) is 6.42 Å². The van der Waals surface area contributed by atoms with Crippen molar-refractivity contribution in [2.24, 2.45) is 5.73 Å². The summed E-state index contributed by atoms with van der Waals surface area (Å²) in [6.07, 6.45) is 0.943. The summed E-state index contributed by atoms with van der Waals surface area (Å²) < 4.78 is 15.8. The van der Waals surface area contributed by atoms with E-state index in [4.69, 9.17) is 19.0 Å². The molecule has 5 nitrogen and oxygen atoms in total. The van der Waals surface area contributed by atoms with Crippen LogP contribution >= 0.6 is 0 Å². The van der Waals surface area contributed by atoms with Gasteiger partial charge in [-0.05, 0) is 13.0 Å². The monoisotopic (exact) mass is 208 g/mol. The van der Waals surface area contributed by atoms with Gasteiger partial charge in [0.1, 0.15) is 0 Å². The Hall–Kier alpha value is 0.0169. The van der Waals surface area contributed by atoms with Gasteiger partial charge in [-0.15, -0.1) is 0 Å². The minimum atomic E-state index is -2.35. The molecule has 0 saturated carbocycles. The molecule has 0 aliphatic rings. The molecule has 0 amide bonds. The lowest BCUT2D eigenvalue weighted by Crippen LogP contribution is -2.43. The van der Waals surface area contributed by atoms with E-state index in [1.165, 1.54) is 0 Å². The maximum absolute atomic E-state index is 5.28. The van der Waals surface area contributed by atoms with E-state index >= 15 is 0 Å². The Labute approximate surface area is 80.9 Å². The van der Waals surface area contributed by atoms with Crippen molar-refractivity contribution in [2.75, 3.05) is 34.5 Å². The molecule has 80 valence electrons. The summed E-state index contributed by atoms with van der Waals surface area (Å²) in [6.45, 7) is 1.36. The lowest BCUT2D eigenvalue weighted by molar-refractivity contribution is 0.123. The molecule has 0 rings (SSSR count). The van der Waals surface area contributed by atoms with E-state index in [0.29, 0.717) is 6.67 Å². The largest absolute Gasteiger partial charge is 0.500 e. The van der Waals surface area contributed by atoms with Crippen molar-refractivity contribution >= 4 is 8.80 Å². The number of hydrogen-bond donors (Lipinski definition) is 2. The van der Waals surface area contributed by atoms with Crippen LogP contribution in [0.4, 0.5) is 0 Å². The first-order valence-corrected chi connectivity index (χ1v) is 6.24. The van der Waals surface area contributed by atoms with Crippen molar-refractivity contribution in [2.45, 2.75) is 12.5 Å². The Kier molecular flexibility index (Phi) is 7.43. The molecule has 0 aromatic heterocycles. The molecular weight excluding hydrogens is 188 g/mol. The standard InChI is InChI=1S/C7H20N2O3Si/c1-10-13(11-2,12-3)6-4-5-9-7-8/h9H,4-8H2,1-3H3. The molecule has 3 N–H and O–H groups in total. The number of nitrogens with two attached hydrogens (primary N) is 1. The van der Waals surface area contributed by atoms with Crippen molar-refractivity contribution < 1.29 is 13.3 Å². The lowest BCUT2D eigenvalue weighted by Gasteiger charge is -2.24. The molecule has 0 saturated heterocycles. The summed E-state index contributed by atoms with van der Waals surface area (Å²) in [5.41, 5.74) is 5.28. The van der Waals surface area contributed by atoms with Gasteiger partial charge in [0.15, 0.2) is 0 Å². The van der Waals surface area contributed by atoms with Crippen LogP contribution in [-0.4, -0.2) is 43.3 Å². The van der Waals surface area contributed by atoms with E-state index in [1.54, 1.807) is 21.3 Å². The summed E-state index contributed by atoms with van der Waals surface area (Å²) >= 11 is 0. The normalized spacial score (nSPS) is 12.0. The maximum atomic E-state index is 5.28. The Morgan fingerprint density at radius 3 is 2.08 bits per heavy atom. The van der Waals surface area contributed by atoms with Crippen LogP contribution in [0.15, 0.2) is 0 Å². The molecule has 0 atom stereocenters. The second kappa shape index (κ2) is 7.42. The van der Waals surface area contributed by atoms with Gasteiger partial charge in [-0.25, -0.2) is 0 Å². The molecule has 0 aliphatic heterocycles. The van der Waals surface area contributed by atoms with Gasteiger partial charge in [-0.1, -0.05) is 0 Å². The Morgan fingerprint density at radius 2 is 1.69 bits per heavy atom. The van der Waals surface area contributed by atoms with E-state index < -0.39 is 8.80 Å². The van der Waals surface area contributed by atoms with E-state index in [2.05, 4.69) is 5.32 Å². The van der Waals surface area contributed by atoms with Crippen LogP contribution in [0.25, 0.3) is 0 Å². The van der Waals surface area contributed by atoms with Gasteiger partial charge in [0.05, 0.1) is 0 Å². The molecule has 6 heteroatoms. The fourth-order valence-electron chi connectivity index (χ4n) is 1.09. The number of nitrogens with one attached hydrogen (secondary N) is 1.